The highest BCUT2D eigenvalue weighted by molar-refractivity contribution is 7.13. The molecule has 0 radical (unpaired) electrons. The lowest BCUT2D eigenvalue weighted by Gasteiger charge is -2.37. The van der Waals surface area contributed by atoms with Gasteiger partial charge in [0.1, 0.15) is 5.01 Å². The molecule has 2 amide bonds. The molecule has 144 valence electrons. The van der Waals surface area contributed by atoms with Crippen LogP contribution < -0.4 is 0 Å². The van der Waals surface area contributed by atoms with Crippen LogP contribution in [0.3, 0.4) is 0 Å². The number of piperazine rings is 1. The van der Waals surface area contributed by atoms with Crippen molar-refractivity contribution in [1.29, 1.82) is 0 Å². The van der Waals surface area contributed by atoms with Crippen LogP contribution in [0.4, 0.5) is 0 Å². The van der Waals surface area contributed by atoms with Crippen LogP contribution in [0.1, 0.15) is 26.5 Å². The van der Waals surface area contributed by atoms with Gasteiger partial charge in [0.15, 0.2) is 0 Å². The number of aromatic nitrogens is 1. The standard InChI is InChI=1S/C19H21Cl2N3O2S/c1-4-23-8-9-24(10-15(23)25)18(26)19(2,3)14-11-27-17(22-14)16-12(20)6-5-7-13(16)21/h5-7,11H,4,8-10H2,1-3H3. The van der Waals surface area contributed by atoms with Crippen molar-refractivity contribution in [3.05, 3.63) is 39.3 Å². The number of hydrogen-bond acceptors (Lipinski definition) is 4. The number of rotatable bonds is 4. The van der Waals surface area contributed by atoms with Crippen LogP contribution in [-0.2, 0) is 15.0 Å². The fraction of sp³-hybridized carbons (Fsp3) is 0.421. The molecule has 8 heteroatoms. The SMILES string of the molecule is CCN1CCN(C(=O)C(C)(C)c2csc(-c3c(Cl)cccc3Cl)n2)CC1=O. The van der Waals surface area contributed by atoms with E-state index in [-0.39, 0.29) is 18.4 Å². The summed E-state index contributed by atoms with van der Waals surface area (Å²) >= 11 is 14.0. The highest BCUT2D eigenvalue weighted by Gasteiger charge is 2.38. The van der Waals surface area contributed by atoms with E-state index in [1.807, 2.05) is 26.2 Å². The van der Waals surface area contributed by atoms with Gasteiger partial charge in [0.05, 0.1) is 27.7 Å². The topological polar surface area (TPSA) is 53.5 Å². The fourth-order valence-electron chi connectivity index (χ4n) is 3.10. The maximum Gasteiger partial charge on any atom is 0.242 e. The minimum absolute atomic E-state index is 0.0188. The van der Waals surface area contributed by atoms with Gasteiger partial charge in [0.2, 0.25) is 11.8 Å². The Labute approximate surface area is 172 Å². The second-order valence-electron chi connectivity index (χ2n) is 6.96. The molecule has 1 aromatic carbocycles. The van der Waals surface area contributed by atoms with Crippen molar-refractivity contribution in [1.82, 2.24) is 14.8 Å². The van der Waals surface area contributed by atoms with Crippen LogP contribution >= 0.6 is 34.5 Å². The Morgan fingerprint density at radius 3 is 2.52 bits per heavy atom. The van der Waals surface area contributed by atoms with Gasteiger partial charge in [-0.05, 0) is 32.9 Å². The van der Waals surface area contributed by atoms with Gasteiger partial charge < -0.3 is 9.80 Å². The molecule has 0 unspecified atom stereocenters. The summed E-state index contributed by atoms with van der Waals surface area (Å²) in [6, 6.07) is 5.31. The molecule has 0 N–H and O–H groups in total. The Kier molecular flexibility index (Phi) is 5.79. The van der Waals surface area contributed by atoms with Crippen LogP contribution in [0.25, 0.3) is 10.6 Å². The number of benzene rings is 1. The van der Waals surface area contributed by atoms with Crippen molar-refractivity contribution in [3.63, 3.8) is 0 Å². The van der Waals surface area contributed by atoms with Crippen molar-refractivity contribution < 1.29 is 9.59 Å². The summed E-state index contributed by atoms with van der Waals surface area (Å²) in [5, 5.41) is 3.58. The third-order valence-electron chi connectivity index (χ3n) is 4.84. The van der Waals surface area contributed by atoms with E-state index < -0.39 is 5.41 Å². The molecular formula is C19H21Cl2N3O2S. The normalized spacial score (nSPS) is 15.4. The van der Waals surface area contributed by atoms with Crippen LogP contribution in [0.5, 0.6) is 0 Å². The zero-order chi connectivity index (χ0) is 19.8. The largest absolute Gasteiger partial charge is 0.340 e. The van der Waals surface area contributed by atoms with Gasteiger partial charge in [0, 0.05) is 30.6 Å². The molecule has 0 bridgehead atoms. The summed E-state index contributed by atoms with van der Waals surface area (Å²) < 4.78 is 0. The van der Waals surface area contributed by atoms with Crippen molar-refractivity contribution in [2.45, 2.75) is 26.2 Å². The number of amides is 2. The lowest BCUT2D eigenvalue weighted by atomic mass is 9.88. The maximum atomic E-state index is 13.1. The molecule has 1 saturated heterocycles. The second-order valence-corrected chi connectivity index (χ2v) is 8.63. The van der Waals surface area contributed by atoms with Gasteiger partial charge in [0.25, 0.3) is 0 Å². The summed E-state index contributed by atoms with van der Waals surface area (Å²) in [6.45, 7) is 7.49. The van der Waals surface area contributed by atoms with E-state index >= 15 is 0 Å². The quantitative estimate of drug-likeness (QED) is 0.740. The molecule has 1 aliphatic rings. The van der Waals surface area contributed by atoms with Gasteiger partial charge in [-0.2, -0.15) is 0 Å². The molecule has 1 fully saturated rings. The van der Waals surface area contributed by atoms with E-state index in [0.717, 1.165) is 0 Å². The predicted octanol–water partition coefficient (Wildman–Crippen LogP) is 4.09. The summed E-state index contributed by atoms with van der Waals surface area (Å²) in [7, 11) is 0. The average molecular weight is 426 g/mol. The van der Waals surface area contributed by atoms with E-state index in [0.29, 0.717) is 45.9 Å². The number of hydrogen-bond donors (Lipinski definition) is 0. The van der Waals surface area contributed by atoms with E-state index in [1.54, 1.807) is 28.0 Å². The lowest BCUT2D eigenvalue weighted by molar-refractivity contribution is -0.147. The Morgan fingerprint density at radius 2 is 1.93 bits per heavy atom. The minimum atomic E-state index is -0.850. The number of nitrogens with zero attached hydrogens (tertiary/aromatic N) is 3. The van der Waals surface area contributed by atoms with Gasteiger partial charge in [-0.25, -0.2) is 4.98 Å². The second kappa shape index (κ2) is 7.78. The van der Waals surface area contributed by atoms with Crippen molar-refractivity contribution in [2.75, 3.05) is 26.2 Å². The van der Waals surface area contributed by atoms with Crippen LogP contribution in [0, 0.1) is 0 Å². The number of likely N-dealkylation sites (N-methyl/N-ethyl adjacent to an activating group) is 1. The molecule has 3 rings (SSSR count). The molecule has 0 aliphatic carbocycles. The highest BCUT2D eigenvalue weighted by Crippen LogP contribution is 2.38. The zero-order valence-corrected chi connectivity index (χ0v) is 17.8. The molecular weight excluding hydrogens is 405 g/mol. The summed E-state index contributed by atoms with van der Waals surface area (Å²) in [6.07, 6.45) is 0. The Hall–Kier alpha value is -1.63. The van der Waals surface area contributed by atoms with E-state index in [4.69, 9.17) is 23.2 Å². The van der Waals surface area contributed by atoms with Gasteiger partial charge in [-0.1, -0.05) is 29.3 Å². The first-order valence-electron chi connectivity index (χ1n) is 8.73. The summed E-state index contributed by atoms with van der Waals surface area (Å²) in [5.41, 5.74) is 0.470. The third-order valence-corrected chi connectivity index (χ3v) is 6.33. The summed E-state index contributed by atoms with van der Waals surface area (Å²) in [4.78, 5) is 33.3. The van der Waals surface area contributed by atoms with Crippen molar-refractivity contribution in [3.8, 4) is 10.6 Å². The molecule has 0 saturated carbocycles. The Morgan fingerprint density at radius 1 is 1.26 bits per heavy atom. The predicted molar refractivity (Wildman–Crippen MR) is 109 cm³/mol. The zero-order valence-electron chi connectivity index (χ0n) is 15.5. The first kappa shape index (κ1) is 20.1. The Bertz CT molecular complexity index is 861. The lowest BCUT2D eigenvalue weighted by Crippen LogP contribution is -2.55. The molecule has 0 spiro atoms. The molecule has 1 aromatic heterocycles. The molecule has 2 aromatic rings. The first-order chi connectivity index (χ1) is 12.8. The smallest absolute Gasteiger partial charge is 0.242 e. The van der Waals surface area contributed by atoms with Crippen LogP contribution in [0.15, 0.2) is 23.6 Å². The maximum absolute atomic E-state index is 13.1. The summed E-state index contributed by atoms with van der Waals surface area (Å²) in [5.74, 6) is -0.122. The number of thiazole rings is 1. The van der Waals surface area contributed by atoms with Gasteiger partial charge in [-0.3, -0.25) is 9.59 Å². The molecule has 2 heterocycles. The fourth-order valence-corrected chi connectivity index (χ4v) is 4.85. The minimum Gasteiger partial charge on any atom is -0.340 e. The molecule has 5 nitrogen and oxygen atoms in total. The number of carbonyl (C=O) groups excluding carboxylic acids is 2. The highest BCUT2D eigenvalue weighted by atomic mass is 35.5. The third kappa shape index (κ3) is 3.84. The van der Waals surface area contributed by atoms with E-state index in [2.05, 4.69) is 4.98 Å². The van der Waals surface area contributed by atoms with Crippen molar-refractivity contribution >= 4 is 46.4 Å². The molecule has 27 heavy (non-hydrogen) atoms. The number of carbonyl (C=O) groups is 2. The molecule has 0 atom stereocenters. The van der Waals surface area contributed by atoms with Crippen LogP contribution in [0.2, 0.25) is 10.0 Å². The number of halogens is 2. The van der Waals surface area contributed by atoms with Gasteiger partial charge in [-0.15, -0.1) is 11.3 Å². The Balaban J connectivity index is 1.85. The first-order valence-corrected chi connectivity index (χ1v) is 10.4. The van der Waals surface area contributed by atoms with Crippen LogP contribution in [-0.4, -0.2) is 52.8 Å². The van der Waals surface area contributed by atoms with E-state index in [9.17, 15) is 9.59 Å². The molecule has 1 aliphatic heterocycles. The van der Waals surface area contributed by atoms with Gasteiger partial charge >= 0.3 is 0 Å². The van der Waals surface area contributed by atoms with E-state index in [1.165, 1.54) is 11.3 Å². The average Bonchev–Trinajstić information content (AvgIpc) is 3.11. The van der Waals surface area contributed by atoms with Crippen molar-refractivity contribution in [2.24, 2.45) is 0 Å². The monoisotopic (exact) mass is 425 g/mol.